The molecule has 0 unspecified atom stereocenters. The van der Waals surface area contributed by atoms with Gasteiger partial charge in [-0.3, -0.25) is 4.57 Å². The van der Waals surface area contributed by atoms with Crippen molar-refractivity contribution in [2.45, 2.75) is 0 Å². The molecule has 0 aliphatic carbocycles. The summed E-state index contributed by atoms with van der Waals surface area (Å²) < 4.78 is 8.82. The fraction of sp³-hybridized carbons (Fsp3) is 0. The number of aromatic nitrogens is 4. The summed E-state index contributed by atoms with van der Waals surface area (Å²) in [6.07, 6.45) is 0. The van der Waals surface area contributed by atoms with Gasteiger partial charge in [-0.2, -0.15) is 9.97 Å². The molecule has 10 rings (SSSR count). The molecule has 0 saturated heterocycles. The Morgan fingerprint density at radius 3 is 1.72 bits per heavy atom. The molecule has 0 fully saturated rings. The van der Waals surface area contributed by atoms with Crippen LogP contribution >= 0.6 is 0 Å². The first-order chi connectivity index (χ1) is 22.8. The summed E-state index contributed by atoms with van der Waals surface area (Å²) in [5.74, 6) is 1.82. The molecule has 0 aliphatic rings. The van der Waals surface area contributed by atoms with E-state index in [2.05, 4.69) is 77.4 Å². The molecular formula is C41H24N4O. The summed E-state index contributed by atoms with van der Waals surface area (Å²) in [6, 6.07) is 50.2. The minimum Gasteiger partial charge on any atom is -0.455 e. The summed E-state index contributed by atoms with van der Waals surface area (Å²) in [6.45, 7) is 0. The van der Waals surface area contributed by atoms with Crippen molar-refractivity contribution >= 4 is 65.3 Å². The Morgan fingerprint density at radius 2 is 1.00 bits per heavy atom. The van der Waals surface area contributed by atoms with Gasteiger partial charge in [0.05, 0.1) is 11.0 Å². The molecule has 10 aromatic rings. The largest absolute Gasteiger partial charge is 0.455 e. The van der Waals surface area contributed by atoms with Crippen LogP contribution in [-0.2, 0) is 0 Å². The molecule has 0 amide bonds. The monoisotopic (exact) mass is 588 g/mol. The van der Waals surface area contributed by atoms with Crippen molar-refractivity contribution in [3.8, 4) is 28.7 Å². The van der Waals surface area contributed by atoms with E-state index in [1.54, 1.807) is 0 Å². The fourth-order valence-corrected chi connectivity index (χ4v) is 6.98. The highest BCUT2D eigenvalue weighted by Gasteiger charge is 2.21. The molecule has 214 valence electrons. The maximum absolute atomic E-state index is 6.65. The Balaban J connectivity index is 1.37. The smallest absolute Gasteiger partial charge is 0.238 e. The Kier molecular flexibility index (Phi) is 5.22. The zero-order chi connectivity index (χ0) is 30.2. The van der Waals surface area contributed by atoms with Crippen LogP contribution in [0.15, 0.2) is 150 Å². The number of para-hydroxylation sites is 2. The Morgan fingerprint density at radius 1 is 0.413 bits per heavy atom. The van der Waals surface area contributed by atoms with Crippen molar-refractivity contribution < 1.29 is 4.42 Å². The second-order valence-corrected chi connectivity index (χ2v) is 11.6. The fourth-order valence-electron chi connectivity index (χ4n) is 6.98. The minimum atomic E-state index is 0.569. The third-order valence-corrected chi connectivity index (χ3v) is 9.03. The molecular weight excluding hydrogens is 564 g/mol. The van der Waals surface area contributed by atoms with Gasteiger partial charge >= 0.3 is 0 Å². The number of hydrogen-bond donors (Lipinski definition) is 0. The van der Waals surface area contributed by atoms with Gasteiger partial charge in [-0.25, -0.2) is 4.98 Å². The molecule has 0 saturated carbocycles. The lowest BCUT2D eigenvalue weighted by Gasteiger charge is -2.11. The van der Waals surface area contributed by atoms with E-state index in [1.807, 2.05) is 72.8 Å². The summed E-state index contributed by atoms with van der Waals surface area (Å²) in [4.78, 5) is 15.2. The average molecular weight is 589 g/mol. The highest BCUT2D eigenvalue weighted by Crippen LogP contribution is 2.44. The van der Waals surface area contributed by atoms with E-state index in [0.29, 0.717) is 17.6 Å². The first-order valence-corrected chi connectivity index (χ1v) is 15.4. The molecule has 0 N–H and O–H groups in total. The molecule has 3 heterocycles. The van der Waals surface area contributed by atoms with Gasteiger partial charge in [0.2, 0.25) is 5.95 Å². The van der Waals surface area contributed by atoms with Crippen LogP contribution in [0.4, 0.5) is 0 Å². The number of hydrogen-bond acceptors (Lipinski definition) is 4. The first kappa shape index (κ1) is 25.0. The lowest BCUT2D eigenvalue weighted by atomic mass is 9.95. The first-order valence-electron chi connectivity index (χ1n) is 15.4. The van der Waals surface area contributed by atoms with E-state index < -0.39 is 0 Å². The Hall–Kier alpha value is -6.33. The molecule has 46 heavy (non-hydrogen) atoms. The maximum atomic E-state index is 6.65. The van der Waals surface area contributed by atoms with Gasteiger partial charge in [-0.15, -0.1) is 0 Å². The zero-order valence-electron chi connectivity index (χ0n) is 24.6. The van der Waals surface area contributed by atoms with Gasteiger partial charge < -0.3 is 4.42 Å². The molecule has 0 bridgehead atoms. The van der Waals surface area contributed by atoms with Crippen LogP contribution in [0.1, 0.15) is 0 Å². The van der Waals surface area contributed by atoms with Crippen LogP contribution in [0.3, 0.4) is 0 Å². The predicted octanol–water partition coefficient (Wildman–Crippen LogP) is 10.5. The number of fused-ring (bicyclic) bond motifs is 11. The van der Waals surface area contributed by atoms with Crippen LogP contribution in [0, 0.1) is 0 Å². The van der Waals surface area contributed by atoms with Gasteiger partial charge in [-0.1, -0.05) is 121 Å². The average Bonchev–Trinajstić information content (AvgIpc) is 3.68. The van der Waals surface area contributed by atoms with E-state index in [1.165, 1.54) is 10.8 Å². The molecule has 5 nitrogen and oxygen atoms in total. The van der Waals surface area contributed by atoms with Crippen LogP contribution in [0.2, 0.25) is 0 Å². The van der Waals surface area contributed by atoms with Crippen molar-refractivity contribution in [3.63, 3.8) is 0 Å². The van der Waals surface area contributed by atoms with Crippen LogP contribution in [0.25, 0.3) is 94.0 Å². The number of nitrogens with zero attached hydrogens (tertiary/aromatic N) is 4. The van der Waals surface area contributed by atoms with Gasteiger partial charge in [0.15, 0.2) is 11.6 Å². The summed E-state index contributed by atoms with van der Waals surface area (Å²) in [7, 11) is 0. The van der Waals surface area contributed by atoms with Crippen LogP contribution < -0.4 is 0 Å². The van der Waals surface area contributed by atoms with E-state index in [0.717, 1.165) is 65.6 Å². The molecule has 5 heteroatoms. The SMILES string of the molecule is c1ccc(-c2nc(-c3ccccc3)nc(-n3c4ccccc4c4cc5c6ccccc6c6c7ccccc7oc6c5cc43)n2)cc1. The zero-order valence-corrected chi connectivity index (χ0v) is 24.6. The van der Waals surface area contributed by atoms with Gasteiger partial charge in [-0.05, 0) is 40.4 Å². The van der Waals surface area contributed by atoms with Crippen molar-refractivity contribution in [1.82, 2.24) is 19.5 Å². The van der Waals surface area contributed by atoms with Crippen molar-refractivity contribution in [3.05, 3.63) is 146 Å². The van der Waals surface area contributed by atoms with E-state index in [9.17, 15) is 0 Å². The molecule has 0 spiro atoms. The lowest BCUT2D eigenvalue weighted by molar-refractivity contribution is 0.673. The Labute approximate surface area is 263 Å². The molecule has 0 aliphatic heterocycles. The second kappa shape index (κ2) is 9.58. The number of furan rings is 1. The standard InChI is InChI=1S/C41H24N4O/c1-3-13-25(14-4-1)39-42-40(26-15-5-2-6-16-26)44-41(43-39)45-34-21-11-9-18-28(34)32-23-31-27-17-7-8-19-29(27)37-30-20-10-12-22-36(30)46-38(37)33(31)24-35(32)45/h1-24H. The second-order valence-electron chi connectivity index (χ2n) is 11.6. The van der Waals surface area contributed by atoms with Gasteiger partial charge in [0.1, 0.15) is 11.2 Å². The summed E-state index contributed by atoms with van der Waals surface area (Å²) in [5, 5.41) is 9.13. The van der Waals surface area contributed by atoms with Gasteiger partial charge in [0.25, 0.3) is 0 Å². The quantitative estimate of drug-likeness (QED) is 0.193. The van der Waals surface area contributed by atoms with Gasteiger partial charge in [0, 0.05) is 38.1 Å². The third kappa shape index (κ3) is 3.60. The predicted molar refractivity (Wildman–Crippen MR) is 187 cm³/mol. The molecule has 0 radical (unpaired) electrons. The van der Waals surface area contributed by atoms with Crippen molar-refractivity contribution in [2.75, 3.05) is 0 Å². The normalized spacial score (nSPS) is 11.9. The molecule has 7 aromatic carbocycles. The Bertz CT molecular complexity index is 2740. The highest BCUT2D eigenvalue weighted by molar-refractivity contribution is 6.32. The summed E-state index contributed by atoms with van der Waals surface area (Å²) >= 11 is 0. The van der Waals surface area contributed by atoms with Crippen molar-refractivity contribution in [2.24, 2.45) is 0 Å². The van der Waals surface area contributed by atoms with E-state index in [-0.39, 0.29) is 0 Å². The topological polar surface area (TPSA) is 56.7 Å². The number of benzene rings is 7. The number of rotatable bonds is 3. The van der Waals surface area contributed by atoms with E-state index >= 15 is 0 Å². The maximum Gasteiger partial charge on any atom is 0.238 e. The lowest BCUT2D eigenvalue weighted by Crippen LogP contribution is -2.06. The highest BCUT2D eigenvalue weighted by atomic mass is 16.3. The van der Waals surface area contributed by atoms with Crippen LogP contribution in [0.5, 0.6) is 0 Å². The summed E-state index contributed by atoms with van der Waals surface area (Å²) in [5.41, 5.74) is 5.68. The third-order valence-electron chi connectivity index (χ3n) is 9.03. The van der Waals surface area contributed by atoms with Crippen LogP contribution in [-0.4, -0.2) is 19.5 Å². The molecule has 0 atom stereocenters. The van der Waals surface area contributed by atoms with E-state index in [4.69, 9.17) is 19.4 Å². The minimum absolute atomic E-state index is 0.569. The molecule has 3 aromatic heterocycles. The van der Waals surface area contributed by atoms with Crippen molar-refractivity contribution in [1.29, 1.82) is 0 Å².